The zero-order chi connectivity index (χ0) is 25.1. The van der Waals surface area contributed by atoms with E-state index in [1.165, 1.54) is 19.5 Å². The molecule has 3 aromatic heterocycles. The monoisotopic (exact) mass is 504 g/mol. The molecule has 8 nitrogen and oxygen atoms in total. The molecule has 36 heavy (non-hydrogen) atoms. The van der Waals surface area contributed by atoms with Crippen molar-refractivity contribution in [2.24, 2.45) is 0 Å². The first kappa shape index (κ1) is 23.5. The largest absolute Gasteiger partial charge is 0.494 e. The average Bonchev–Trinajstić information content (AvgIpc) is 3.30. The van der Waals surface area contributed by atoms with Crippen LogP contribution in [0.1, 0.15) is 22.3 Å². The van der Waals surface area contributed by atoms with E-state index in [0.717, 1.165) is 16.7 Å². The van der Waals surface area contributed by atoms with Crippen molar-refractivity contribution in [3.8, 4) is 5.75 Å². The van der Waals surface area contributed by atoms with Crippen LogP contribution in [0.15, 0.2) is 72.0 Å². The molecule has 2 N–H and O–H groups in total. The summed E-state index contributed by atoms with van der Waals surface area (Å²) >= 11 is 6.20. The lowest BCUT2D eigenvalue weighted by molar-refractivity contribution is 0.384. The molecule has 0 unspecified atom stereocenters. The lowest BCUT2D eigenvalue weighted by Crippen LogP contribution is -2.11. The van der Waals surface area contributed by atoms with Crippen molar-refractivity contribution in [3.05, 3.63) is 111 Å². The molecule has 0 amide bonds. The van der Waals surface area contributed by atoms with Crippen LogP contribution in [0.25, 0.3) is 11.0 Å². The molecule has 0 atom stereocenters. The Morgan fingerprint density at radius 2 is 1.92 bits per heavy atom. The zero-order valence-corrected chi connectivity index (χ0v) is 20.1. The van der Waals surface area contributed by atoms with Gasteiger partial charge in [-0.2, -0.15) is 5.10 Å². The molecule has 10 heteroatoms. The van der Waals surface area contributed by atoms with Gasteiger partial charge in [-0.1, -0.05) is 41.9 Å². The summed E-state index contributed by atoms with van der Waals surface area (Å²) in [4.78, 5) is 23.2. The lowest BCUT2D eigenvalue weighted by Gasteiger charge is -2.11. The number of aromatic amines is 1. The van der Waals surface area contributed by atoms with Crippen LogP contribution in [-0.2, 0) is 19.5 Å². The Labute approximate surface area is 210 Å². The van der Waals surface area contributed by atoms with Gasteiger partial charge in [0.15, 0.2) is 17.2 Å². The summed E-state index contributed by atoms with van der Waals surface area (Å²) < 4.78 is 21.5. The molecule has 0 radical (unpaired) electrons. The fourth-order valence-corrected chi connectivity index (χ4v) is 4.15. The molecule has 0 saturated heterocycles. The Balaban J connectivity index is 1.31. The van der Waals surface area contributed by atoms with Crippen LogP contribution in [0.4, 0.5) is 10.2 Å². The highest BCUT2D eigenvalue weighted by Crippen LogP contribution is 2.28. The first-order chi connectivity index (χ1) is 17.5. The van der Waals surface area contributed by atoms with Gasteiger partial charge in [-0.3, -0.25) is 9.48 Å². The van der Waals surface area contributed by atoms with Crippen LogP contribution in [0.3, 0.4) is 0 Å². The molecule has 5 rings (SSSR count). The third-order valence-electron chi connectivity index (χ3n) is 5.83. The van der Waals surface area contributed by atoms with E-state index in [2.05, 4.69) is 25.4 Å². The van der Waals surface area contributed by atoms with Crippen molar-refractivity contribution in [1.29, 1.82) is 0 Å². The number of nitrogens with zero attached hydrogens (tertiary/aromatic N) is 4. The van der Waals surface area contributed by atoms with Crippen molar-refractivity contribution in [3.63, 3.8) is 0 Å². The second-order valence-corrected chi connectivity index (χ2v) is 8.61. The van der Waals surface area contributed by atoms with Gasteiger partial charge in [0.1, 0.15) is 12.1 Å². The average molecular weight is 505 g/mol. The highest BCUT2D eigenvalue weighted by molar-refractivity contribution is 6.31. The summed E-state index contributed by atoms with van der Waals surface area (Å²) in [5, 5.41) is 8.68. The van der Waals surface area contributed by atoms with E-state index >= 15 is 0 Å². The van der Waals surface area contributed by atoms with Crippen molar-refractivity contribution >= 4 is 28.5 Å². The summed E-state index contributed by atoms with van der Waals surface area (Å²) in [5.74, 6) is 0.130. The zero-order valence-electron chi connectivity index (χ0n) is 19.3. The molecule has 5 aromatic rings. The van der Waals surface area contributed by atoms with Gasteiger partial charge < -0.3 is 15.0 Å². The summed E-state index contributed by atoms with van der Waals surface area (Å²) in [6, 6.07) is 14.8. The number of rotatable bonds is 8. The Morgan fingerprint density at radius 1 is 1.11 bits per heavy atom. The van der Waals surface area contributed by atoms with Gasteiger partial charge in [0.25, 0.3) is 5.56 Å². The normalized spacial score (nSPS) is 11.1. The highest BCUT2D eigenvalue weighted by Gasteiger charge is 2.15. The number of ether oxygens (including phenoxy) is 1. The maximum Gasteiger partial charge on any atom is 0.251 e. The van der Waals surface area contributed by atoms with E-state index in [9.17, 15) is 9.18 Å². The lowest BCUT2D eigenvalue weighted by atomic mass is 10.0. The molecule has 0 aliphatic carbocycles. The molecular formula is C26H22ClFN6O2. The number of methoxy groups -OCH3 is 1. The summed E-state index contributed by atoms with van der Waals surface area (Å²) in [7, 11) is 1.41. The maximum absolute atomic E-state index is 14.7. The van der Waals surface area contributed by atoms with E-state index in [1.54, 1.807) is 16.9 Å². The molecule has 0 saturated carbocycles. The minimum atomic E-state index is -0.515. The van der Waals surface area contributed by atoms with Gasteiger partial charge in [-0.05, 0) is 29.3 Å². The Kier molecular flexibility index (Phi) is 6.64. The standard InChI is InChI=1S/C26H22ClFN6O2/c1-36-22-9-8-21(27)19(23(22)28)12-30-24-20-14-34(33-25(20)32-15-31-24)13-17-6-4-16(5-7-17)11-18-3-2-10-29-26(18)35/h2-10,14-15H,11-13H2,1H3,(H,29,35)(H,30,31,32,33). The number of nitrogens with one attached hydrogen (secondary N) is 2. The Morgan fingerprint density at radius 3 is 2.69 bits per heavy atom. The highest BCUT2D eigenvalue weighted by atomic mass is 35.5. The third-order valence-corrected chi connectivity index (χ3v) is 6.18. The molecule has 182 valence electrons. The van der Waals surface area contributed by atoms with E-state index in [4.69, 9.17) is 16.3 Å². The Bertz CT molecular complexity index is 1580. The van der Waals surface area contributed by atoms with E-state index in [-0.39, 0.29) is 23.4 Å². The van der Waals surface area contributed by atoms with Gasteiger partial charge in [0.05, 0.1) is 19.0 Å². The van der Waals surface area contributed by atoms with E-state index < -0.39 is 5.82 Å². The number of benzene rings is 2. The molecule has 0 spiro atoms. The molecule has 3 heterocycles. The SMILES string of the molecule is COc1ccc(Cl)c(CNc2ncnc3nn(Cc4ccc(Cc5ccc[nH]c5=O)cc4)cc23)c1F. The first-order valence-corrected chi connectivity index (χ1v) is 11.6. The second kappa shape index (κ2) is 10.2. The number of aromatic nitrogens is 5. The molecule has 0 aliphatic heterocycles. The number of fused-ring (bicyclic) bond motifs is 1. The van der Waals surface area contributed by atoms with Gasteiger partial charge >= 0.3 is 0 Å². The second-order valence-electron chi connectivity index (χ2n) is 8.20. The van der Waals surface area contributed by atoms with Crippen molar-refractivity contribution in [2.45, 2.75) is 19.5 Å². The quantitative estimate of drug-likeness (QED) is 0.321. The molecule has 0 bridgehead atoms. The van der Waals surface area contributed by atoms with Gasteiger partial charge in [0, 0.05) is 41.5 Å². The number of hydrogen-bond donors (Lipinski definition) is 2. The van der Waals surface area contributed by atoms with Gasteiger partial charge in [-0.25, -0.2) is 14.4 Å². The predicted molar refractivity (Wildman–Crippen MR) is 136 cm³/mol. The van der Waals surface area contributed by atoms with E-state index in [1.807, 2.05) is 42.6 Å². The molecule has 2 aromatic carbocycles. The topological polar surface area (TPSA) is 97.7 Å². The number of H-pyrrole nitrogens is 1. The fraction of sp³-hybridized carbons (Fsp3) is 0.154. The van der Waals surface area contributed by atoms with Crippen molar-refractivity contribution in [1.82, 2.24) is 24.7 Å². The Hall–Kier alpha value is -4.24. The van der Waals surface area contributed by atoms with Crippen LogP contribution >= 0.6 is 11.6 Å². The van der Waals surface area contributed by atoms with Crippen LogP contribution in [0, 0.1) is 5.82 Å². The van der Waals surface area contributed by atoms with Crippen LogP contribution in [0.5, 0.6) is 5.75 Å². The maximum atomic E-state index is 14.7. The molecular weight excluding hydrogens is 483 g/mol. The number of halogens is 2. The summed E-state index contributed by atoms with van der Waals surface area (Å²) in [6.45, 7) is 0.642. The number of hydrogen-bond acceptors (Lipinski definition) is 6. The first-order valence-electron chi connectivity index (χ1n) is 11.2. The smallest absolute Gasteiger partial charge is 0.251 e. The summed E-state index contributed by atoms with van der Waals surface area (Å²) in [6.07, 6.45) is 5.44. The van der Waals surface area contributed by atoms with Crippen LogP contribution in [0.2, 0.25) is 5.02 Å². The number of pyridine rings is 1. The minimum absolute atomic E-state index is 0.0771. The minimum Gasteiger partial charge on any atom is -0.494 e. The fourth-order valence-electron chi connectivity index (χ4n) is 3.94. The van der Waals surface area contributed by atoms with Crippen molar-refractivity contribution < 1.29 is 9.13 Å². The predicted octanol–water partition coefficient (Wildman–Crippen LogP) is 4.57. The van der Waals surface area contributed by atoms with E-state index in [0.29, 0.717) is 34.8 Å². The van der Waals surface area contributed by atoms with Crippen LogP contribution in [-0.4, -0.2) is 31.8 Å². The van der Waals surface area contributed by atoms with Gasteiger partial charge in [0.2, 0.25) is 0 Å². The van der Waals surface area contributed by atoms with Gasteiger partial charge in [-0.15, -0.1) is 0 Å². The summed E-state index contributed by atoms with van der Waals surface area (Å²) in [5.41, 5.74) is 3.53. The number of anilines is 1. The molecule has 0 aliphatic rings. The third kappa shape index (κ3) is 4.92. The molecule has 0 fully saturated rings. The van der Waals surface area contributed by atoms with Crippen LogP contribution < -0.4 is 15.6 Å². The van der Waals surface area contributed by atoms with Crippen molar-refractivity contribution in [2.75, 3.05) is 12.4 Å².